The van der Waals surface area contributed by atoms with Gasteiger partial charge in [-0.05, 0) is 29.7 Å². The van der Waals surface area contributed by atoms with Crippen molar-refractivity contribution >= 4 is 5.91 Å². The summed E-state index contributed by atoms with van der Waals surface area (Å²) in [6.07, 6.45) is 0.976. The first kappa shape index (κ1) is 13.9. The molecule has 2 aromatic carbocycles. The topological polar surface area (TPSA) is 69.6 Å². The second kappa shape index (κ2) is 6.10. The predicted octanol–water partition coefficient (Wildman–Crippen LogP) is 2.59. The summed E-state index contributed by atoms with van der Waals surface area (Å²) < 4.78 is 0. The van der Waals surface area contributed by atoms with Crippen LogP contribution in [0.2, 0.25) is 0 Å². The Hall–Kier alpha value is -2.49. The lowest BCUT2D eigenvalue weighted by Crippen LogP contribution is -2.22. The van der Waals surface area contributed by atoms with E-state index in [1.54, 1.807) is 0 Å². The third kappa shape index (κ3) is 3.09. The molecule has 0 saturated heterocycles. The number of aryl methyl sites for hydroxylation is 1. The molecule has 0 aromatic heterocycles. The van der Waals surface area contributed by atoms with Gasteiger partial charge in [-0.25, -0.2) is 0 Å². The Labute approximate surface area is 117 Å². The largest absolute Gasteiger partial charge is 0.504 e. The van der Waals surface area contributed by atoms with Gasteiger partial charge in [-0.1, -0.05) is 37.3 Å². The van der Waals surface area contributed by atoms with Gasteiger partial charge in [0.1, 0.15) is 0 Å². The van der Waals surface area contributed by atoms with Crippen LogP contribution in [0, 0.1) is 0 Å². The number of nitrogens with one attached hydrogen (secondary N) is 1. The zero-order chi connectivity index (χ0) is 14.5. The minimum atomic E-state index is -0.419. The van der Waals surface area contributed by atoms with Crippen LogP contribution in [0.25, 0.3) is 0 Å². The van der Waals surface area contributed by atoms with E-state index in [1.807, 2.05) is 24.3 Å². The SMILES string of the molecule is CCc1ccc(CNC(=O)c2cccc(O)c2O)cc1. The van der Waals surface area contributed by atoms with Crippen molar-refractivity contribution in [2.75, 3.05) is 0 Å². The maximum Gasteiger partial charge on any atom is 0.255 e. The van der Waals surface area contributed by atoms with Crippen molar-refractivity contribution in [1.29, 1.82) is 0 Å². The molecule has 0 heterocycles. The molecule has 4 heteroatoms. The lowest BCUT2D eigenvalue weighted by molar-refractivity contribution is 0.0947. The number of phenolic OH excluding ortho intramolecular Hbond substituents is 2. The fourth-order valence-corrected chi connectivity index (χ4v) is 1.88. The van der Waals surface area contributed by atoms with Gasteiger partial charge in [0, 0.05) is 6.54 Å². The number of amides is 1. The molecular weight excluding hydrogens is 254 g/mol. The molecule has 0 bridgehead atoms. The highest BCUT2D eigenvalue weighted by molar-refractivity contribution is 5.97. The molecule has 0 spiro atoms. The summed E-state index contributed by atoms with van der Waals surface area (Å²) in [6.45, 7) is 2.46. The van der Waals surface area contributed by atoms with E-state index in [4.69, 9.17) is 0 Å². The van der Waals surface area contributed by atoms with Crippen LogP contribution < -0.4 is 5.32 Å². The van der Waals surface area contributed by atoms with Gasteiger partial charge < -0.3 is 15.5 Å². The first-order valence-corrected chi connectivity index (χ1v) is 6.48. The van der Waals surface area contributed by atoms with Crippen LogP contribution in [-0.2, 0) is 13.0 Å². The highest BCUT2D eigenvalue weighted by Crippen LogP contribution is 2.27. The lowest BCUT2D eigenvalue weighted by atomic mass is 10.1. The molecular formula is C16H17NO3. The Balaban J connectivity index is 2.02. The Bertz CT molecular complexity index is 606. The lowest BCUT2D eigenvalue weighted by Gasteiger charge is -2.08. The molecule has 0 radical (unpaired) electrons. The van der Waals surface area contributed by atoms with Crippen molar-refractivity contribution in [2.45, 2.75) is 19.9 Å². The fraction of sp³-hybridized carbons (Fsp3) is 0.188. The molecule has 0 fully saturated rings. The van der Waals surface area contributed by atoms with Crippen LogP contribution in [0.3, 0.4) is 0 Å². The van der Waals surface area contributed by atoms with Gasteiger partial charge in [-0.2, -0.15) is 0 Å². The van der Waals surface area contributed by atoms with E-state index in [1.165, 1.54) is 23.8 Å². The molecule has 0 aliphatic rings. The Morgan fingerprint density at radius 3 is 2.35 bits per heavy atom. The summed E-state index contributed by atoms with van der Waals surface area (Å²) in [5.41, 5.74) is 2.29. The van der Waals surface area contributed by atoms with Crippen LogP contribution in [0.15, 0.2) is 42.5 Å². The van der Waals surface area contributed by atoms with Gasteiger partial charge in [-0.3, -0.25) is 4.79 Å². The summed E-state index contributed by atoms with van der Waals surface area (Å²) >= 11 is 0. The average molecular weight is 271 g/mol. The Morgan fingerprint density at radius 2 is 1.70 bits per heavy atom. The van der Waals surface area contributed by atoms with Crippen LogP contribution in [0.1, 0.15) is 28.4 Å². The number of phenols is 2. The Morgan fingerprint density at radius 1 is 1.05 bits per heavy atom. The molecule has 104 valence electrons. The quantitative estimate of drug-likeness (QED) is 0.749. The third-order valence-corrected chi connectivity index (χ3v) is 3.14. The monoisotopic (exact) mass is 271 g/mol. The molecule has 3 N–H and O–H groups in total. The average Bonchev–Trinajstić information content (AvgIpc) is 2.48. The number of hydrogen-bond acceptors (Lipinski definition) is 3. The second-order valence-corrected chi connectivity index (χ2v) is 4.53. The van der Waals surface area contributed by atoms with E-state index in [2.05, 4.69) is 12.2 Å². The van der Waals surface area contributed by atoms with Gasteiger partial charge >= 0.3 is 0 Å². The standard InChI is InChI=1S/C16H17NO3/c1-2-11-6-8-12(9-7-11)10-17-16(20)13-4-3-5-14(18)15(13)19/h3-9,18-19H,2,10H2,1H3,(H,17,20). The van der Waals surface area contributed by atoms with Crippen LogP contribution >= 0.6 is 0 Å². The van der Waals surface area contributed by atoms with Crippen molar-refractivity contribution < 1.29 is 15.0 Å². The molecule has 0 atom stereocenters. The summed E-state index contributed by atoms with van der Waals surface area (Å²) in [7, 11) is 0. The summed E-state index contributed by atoms with van der Waals surface area (Å²) in [5, 5.41) is 21.7. The van der Waals surface area contributed by atoms with E-state index >= 15 is 0 Å². The van der Waals surface area contributed by atoms with Crippen LogP contribution in [0.4, 0.5) is 0 Å². The molecule has 1 amide bonds. The van der Waals surface area contributed by atoms with Gasteiger partial charge in [0.25, 0.3) is 5.91 Å². The number of aromatic hydroxyl groups is 2. The maximum atomic E-state index is 11.9. The van der Waals surface area contributed by atoms with Crippen molar-refractivity contribution in [3.05, 3.63) is 59.2 Å². The third-order valence-electron chi connectivity index (χ3n) is 3.14. The number of para-hydroxylation sites is 1. The number of benzene rings is 2. The van der Waals surface area contributed by atoms with E-state index in [0.29, 0.717) is 6.54 Å². The van der Waals surface area contributed by atoms with E-state index in [0.717, 1.165) is 12.0 Å². The van der Waals surface area contributed by atoms with Gasteiger partial charge in [0.05, 0.1) is 5.56 Å². The number of rotatable bonds is 4. The van der Waals surface area contributed by atoms with Gasteiger partial charge in [0.15, 0.2) is 11.5 Å². The first-order chi connectivity index (χ1) is 9.61. The molecule has 0 saturated carbocycles. The van der Waals surface area contributed by atoms with Gasteiger partial charge in [-0.15, -0.1) is 0 Å². The molecule has 4 nitrogen and oxygen atoms in total. The smallest absolute Gasteiger partial charge is 0.255 e. The molecule has 0 aliphatic carbocycles. The van der Waals surface area contributed by atoms with Crippen LogP contribution in [-0.4, -0.2) is 16.1 Å². The molecule has 2 aromatic rings. The van der Waals surface area contributed by atoms with Crippen molar-refractivity contribution in [2.24, 2.45) is 0 Å². The zero-order valence-corrected chi connectivity index (χ0v) is 11.3. The molecule has 0 aliphatic heterocycles. The summed E-state index contributed by atoms with van der Waals surface area (Å²) in [5.74, 6) is -1.12. The Kier molecular flexibility index (Phi) is 4.25. The predicted molar refractivity (Wildman–Crippen MR) is 76.8 cm³/mol. The maximum absolute atomic E-state index is 11.9. The zero-order valence-electron chi connectivity index (χ0n) is 11.3. The first-order valence-electron chi connectivity index (χ1n) is 6.48. The highest BCUT2D eigenvalue weighted by atomic mass is 16.3. The van der Waals surface area contributed by atoms with Crippen molar-refractivity contribution in [3.8, 4) is 11.5 Å². The minimum absolute atomic E-state index is 0.0650. The number of hydrogen-bond donors (Lipinski definition) is 3. The normalized spacial score (nSPS) is 10.2. The minimum Gasteiger partial charge on any atom is -0.504 e. The van der Waals surface area contributed by atoms with Crippen LogP contribution in [0.5, 0.6) is 11.5 Å². The molecule has 2 rings (SSSR count). The fourth-order valence-electron chi connectivity index (χ4n) is 1.88. The summed E-state index contributed by atoms with van der Waals surface area (Å²) in [4.78, 5) is 11.9. The van der Waals surface area contributed by atoms with E-state index in [9.17, 15) is 15.0 Å². The molecule has 20 heavy (non-hydrogen) atoms. The number of carbonyl (C=O) groups excluding carboxylic acids is 1. The van der Waals surface area contributed by atoms with Crippen molar-refractivity contribution in [3.63, 3.8) is 0 Å². The molecule has 0 unspecified atom stereocenters. The number of carbonyl (C=O) groups is 1. The van der Waals surface area contributed by atoms with E-state index < -0.39 is 11.7 Å². The van der Waals surface area contributed by atoms with Crippen molar-refractivity contribution in [1.82, 2.24) is 5.32 Å². The second-order valence-electron chi connectivity index (χ2n) is 4.53. The van der Waals surface area contributed by atoms with Gasteiger partial charge in [0.2, 0.25) is 0 Å². The summed E-state index contributed by atoms with van der Waals surface area (Å²) in [6, 6.07) is 12.3. The highest BCUT2D eigenvalue weighted by Gasteiger charge is 2.13. The van der Waals surface area contributed by atoms with E-state index in [-0.39, 0.29) is 11.3 Å².